The van der Waals surface area contributed by atoms with E-state index < -0.39 is 0 Å². The number of hydrogen-bond donors (Lipinski definition) is 2. The molecule has 1 aliphatic heterocycles. The second kappa shape index (κ2) is 10.2. The third-order valence-electron chi connectivity index (χ3n) is 5.79. The topological polar surface area (TPSA) is 90.3 Å². The van der Waals surface area contributed by atoms with E-state index in [1.807, 2.05) is 78.9 Å². The molecule has 1 amide bonds. The number of carbonyl (C=O) groups is 1. The maximum absolute atomic E-state index is 12.6. The van der Waals surface area contributed by atoms with E-state index in [9.17, 15) is 4.79 Å². The van der Waals surface area contributed by atoms with Crippen LogP contribution in [0.15, 0.2) is 91.0 Å². The van der Waals surface area contributed by atoms with Gasteiger partial charge in [-0.25, -0.2) is 4.68 Å². The van der Waals surface area contributed by atoms with E-state index >= 15 is 0 Å². The van der Waals surface area contributed by atoms with Crippen LogP contribution in [0.3, 0.4) is 0 Å². The van der Waals surface area contributed by atoms with Gasteiger partial charge in [0, 0.05) is 11.8 Å². The zero-order chi connectivity index (χ0) is 24.9. The van der Waals surface area contributed by atoms with Crippen molar-refractivity contribution in [1.29, 1.82) is 0 Å². The number of methoxy groups -OCH3 is 2. The molecule has 2 N–H and O–H groups in total. The summed E-state index contributed by atoms with van der Waals surface area (Å²) in [4.78, 5) is 17.1. The van der Waals surface area contributed by atoms with Gasteiger partial charge in [0.1, 0.15) is 17.5 Å². The summed E-state index contributed by atoms with van der Waals surface area (Å²) in [6.07, 6.45) is 5.26. The Kier molecular flexibility index (Phi) is 6.48. The maximum atomic E-state index is 12.6. The van der Waals surface area contributed by atoms with Gasteiger partial charge in [-0.15, -0.1) is 5.10 Å². The van der Waals surface area contributed by atoms with Crippen LogP contribution in [0.4, 0.5) is 11.9 Å². The third kappa shape index (κ3) is 4.97. The molecule has 2 heterocycles. The van der Waals surface area contributed by atoms with Crippen LogP contribution in [-0.4, -0.2) is 34.9 Å². The smallest absolute Gasteiger partial charge is 0.250 e. The minimum Gasteiger partial charge on any atom is -0.497 e. The van der Waals surface area contributed by atoms with Gasteiger partial charge in [0.2, 0.25) is 5.95 Å². The number of benzene rings is 3. The van der Waals surface area contributed by atoms with Gasteiger partial charge in [0.15, 0.2) is 0 Å². The van der Waals surface area contributed by atoms with Crippen molar-refractivity contribution in [3.05, 3.63) is 108 Å². The van der Waals surface area contributed by atoms with E-state index in [-0.39, 0.29) is 17.9 Å². The first kappa shape index (κ1) is 22.9. The number of fused-ring (bicyclic) bond motifs is 1. The summed E-state index contributed by atoms with van der Waals surface area (Å²) in [5, 5.41) is 10.7. The average molecular weight is 480 g/mol. The summed E-state index contributed by atoms with van der Waals surface area (Å²) < 4.78 is 12.2. The Hall–Kier alpha value is -4.85. The number of carbonyl (C=O) groups excluding carboxylic acids is 1. The molecule has 0 saturated carbocycles. The molecular formula is C28H25N5O3. The van der Waals surface area contributed by atoms with Gasteiger partial charge in [-0.2, -0.15) is 4.98 Å². The molecule has 8 nitrogen and oxygen atoms in total. The molecule has 0 spiro atoms. The lowest BCUT2D eigenvalue weighted by molar-refractivity contribution is -0.111. The number of hydrogen-bond acceptors (Lipinski definition) is 6. The summed E-state index contributed by atoms with van der Waals surface area (Å²) >= 11 is 0. The number of aromatic nitrogens is 3. The lowest BCUT2D eigenvalue weighted by Gasteiger charge is -2.24. The number of amides is 1. The summed E-state index contributed by atoms with van der Waals surface area (Å²) in [5.74, 6) is 1.95. The highest BCUT2D eigenvalue weighted by atomic mass is 16.5. The SMILES string of the molecule is COc1ccc(C=CC(=O)Nc2nc3n(n2)C(c2ccc(OC)cc2)C=C(c2ccccc2)N3)cc1. The molecule has 0 radical (unpaired) electrons. The highest BCUT2D eigenvalue weighted by molar-refractivity contribution is 6.01. The van der Waals surface area contributed by atoms with Crippen LogP contribution in [-0.2, 0) is 4.79 Å². The van der Waals surface area contributed by atoms with E-state index in [1.165, 1.54) is 6.08 Å². The predicted octanol–water partition coefficient (Wildman–Crippen LogP) is 5.00. The molecule has 0 bridgehead atoms. The molecule has 1 aromatic heterocycles. The van der Waals surface area contributed by atoms with E-state index in [4.69, 9.17) is 9.47 Å². The number of ether oxygens (including phenoxy) is 2. The molecule has 1 aliphatic rings. The second-order valence-electron chi connectivity index (χ2n) is 8.09. The lowest BCUT2D eigenvalue weighted by atomic mass is 10.0. The number of anilines is 2. The Morgan fingerprint density at radius 3 is 2.28 bits per heavy atom. The minimum atomic E-state index is -0.328. The monoisotopic (exact) mass is 479 g/mol. The van der Waals surface area contributed by atoms with Crippen LogP contribution in [0.2, 0.25) is 0 Å². The van der Waals surface area contributed by atoms with Crippen molar-refractivity contribution in [2.24, 2.45) is 0 Å². The highest BCUT2D eigenvalue weighted by Crippen LogP contribution is 2.33. The Balaban J connectivity index is 1.40. The van der Waals surface area contributed by atoms with Crippen molar-refractivity contribution in [3.8, 4) is 11.5 Å². The van der Waals surface area contributed by atoms with Crippen molar-refractivity contribution < 1.29 is 14.3 Å². The van der Waals surface area contributed by atoms with Crippen molar-refractivity contribution in [2.45, 2.75) is 6.04 Å². The largest absolute Gasteiger partial charge is 0.497 e. The normalized spacial score (nSPS) is 14.5. The first-order chi connectivity index (χ1) is 17.6. The van der Waals surface area contributed by atoms with Crippen LogP contribution in [0, 0.1) is 0 Å². The molecular weight excluding hydrogens is 454 g/mol. The quantitative estimate of drug-likeness (QED) is 0.363. The first-order valence-electron chi connectivity index (χ1n) is 11.4. The number of nitrogens with one attached hydrogen (secondary N) is 2. The van der Waals surface area contributed by atoms with Gasteiger partial charge in [0.05, 0.1) is 14.2 Å². The Bertz CT molecular complexity index is 1410. The fourth-order valence-corrected chi connectivity index (χ4v) is 3.91. The van der Waals surface area contributed by atoms with Gasteiger partial charge in [-0.05, 0) is 53.1 Å². The molecule has 8 heteroatoms. The van der Waals surface area contributed by atoms with Gasteiger partial charge in [-0.1, -0.05) is 54.6 Å². The molecule has 36 heavy (non-hydrogen) atoms. The number of nitrogens with zero attached hydrogens (tertiary/aromatic N) is 3. The van der Waals surface area contributed by atoms with Crippen molar-refractivity contribution in [2.75, 3.05) is 24.9 Å². The fourth-order valence-electron chi connectivity index (χ4n) is 3.91. The zero-order valence-corrected chi connectivity index (χ0v) is 19.9. The van der Waals surface area contributed by atoms with Crippen LogP contribution in [0.5, 0.6) is 11.5 Å². The maximum Gasteiger partial charge on any atom is 0.250 e. The highest BCUT2D eigenvalue weighted by Gasteiger charge is 2.25. The van der Waals surface area contributed by atoms with E-state index in [2.05, 4.69) is 26.8 Å². The van der Waals surface area contributed by atoms with Gasteiger partial charge >= 0.3 is 0 Å². The van der Waals surface area contributed by atoms with Gasteiger partial charge < -0.3 is 14.8 Å². The molecule has 5 rings (SSSR count). The van der Waals surface area contributed by atoms with Crippen molar-refractivity contribution >= 4 is 29.6 Å². The minimum absolute atomic E-state index is 0.211. The lowest BCUT2D eigenvalue weighted by Crippen LogP contribution is -2.20. The van der Waals surface area contributed by atoms with Crippen LogP contribution in [0.1, 0.15) is 22.7 Å². The standard InChI is InChI=1S/C28H25N5O3/c1-35-22-13-8-19(9-14-22)10-17-26(34)30-27-31-28-29-24(20-6-4-3-5-7-20)18-25(33(28)32-27)21-11-15-23(36-2)16-12-21/h3-18,25H,1-2H3,(H2,29,30,31,32,34). The van der Waals surface area contributed by atoms with Crippen molar-refractivity contribution in [1.82, 2.24) is 14.8 Å². The van der Waals surface area contributed by atoms with E-state index in [0.717, 1.165) is 33.9 Å². The van der Waals surface area contributed by atoms with E-state index in [1.54, 1.807) is 25.0 Å². The van der Waals surface area contributed by atoms with Crippen LogP contribution in [0.25, 0.3) is 11.8 Å². The molecule has 1 atom stereocenters. The summed E-state index contributed by atoms with van der Waals surface area (Å²) in [5.41, 5.74) is 3.82. The molecule has 180 valence electrons. The summed E-state index contributed by atoms with van der Waals surface area (Å²) in [6, 6.07) is 25.0. The van der Waals surface area contributed by atoms with Gasteiger partial charge in [0.25, 0.3) is 11.9 Å². The van der Waals surface area contributed by atoms with Crippen LogP contribution < -0.4 is 20.1 Å². The average Bonchev–Trinajstić information content (AvgIpc) is 3.34. The first-order valence-corrected chi connectivity index (χ1v) is 11.4. The van der Waals surface area contributed by atoms with Crippen LogP contribution >= 0.6 is 0 Å². The molecule has 4 aromatic rings. The fraction of sp³-hybridized carbons (Fsp3) is 0.107. The summed E-state index contributed by atoms with van der Waals surface area (Å²) in [6.45, 7) is 0. The van der Waals surface area contributed by atoms with Gasteiger partial charge in [-0.3, -0.25) is 10.1 Å². The second-order valence-corrected chi connectivity index (χ2v) is 8.09. The molecule has 0 fully saturated rings. The molecule has 1 unspecified atom stereocenters. The number of allylic oxidation sites excluding steroid dienone is 1. The molecule has 0 aliphatic carbocycles. The zero-order valence-electron chi connectivity index (χ0n) is 19.9. The Morgan fingerprint density at radius 1 is 0.944 bits per heavy atom. The predicted molar refractivity (Wildman–Crippen MR) is 140 cm³/mol. The molecule has 0 saturated heterocycles. The Morgan fingerprint density at radius 2 is 1.61 bits per heavy atom. The number of rotatable bonds is 7. The van der Waals surface area contributed by atoms with Crippen molar-refractivity contribution in [3.63, 3.8) is 0 Å². The van der Waals surface area contributed by atoms with E-state index in [0.29, 0.717) is 5.95 Å². The summed E-state index contributed by atoms with van der Waals surface area (Å²) in [7, 11) is 3.25. The molecule has 3 aromatic carbocycles. The third-order valence-corrected chi connectivity index (χ3v) is 5.79. The Labute approximate surface area is 208 Å².